The number of hydrogen-bond acceptors (Lipinski definition) is 5. The second-order valence-electron chi connectivity index (χ2n) is 6.45. The van der Waals surface area contributed by atoms with Gasteiger partial charge in [0, 0.05) is 30.2 Å². The molecule has 0 unspecified atom stereocenters. The lowest BCUT2D eigenvalue weighted by atomic mass is 10.1. The van der Waals surface area contributed by atoms with Gasteiger partial charge in [-0.25, -0.2) is 4.79 Å². The molecule has 0 fully saturated rings. The molecule has 0 amide bonds. The van der Waals surface area contributed by atoms with E-state index in [0.29, 0.717) is 29.7 Å². The normalized spacial score (nSPS) is 10.4. The molecule has 1 heterocycles. The summed E-state index contributed by atoms with van der Waals surface area (Å²) in [5.74, 6) is 0.0212. The van der Waals surface area contributed by atoms with Crippen LogP contribution in [-0.4, -0.2) is 23.2 Å². The van der Waals surface area contributed by atoms with E-state index >= 15 is 0 Å². The zero-order valence-electron chi connectivity index (χ0n) is 16.1. The summed E-state index contributed by atoms with van der Waals surface area (Å²) >= 11 is 6.43. The number of carbonyl (C=O) groups is 1. The van der Waals surface area contributed by atoms with Crippen LogP contribution in [0.15, 0.2) is 54.9 Å². The average molecular weight is 413 g/mol. The van der Waals surface area contributed by atoms with E-state index in [9.17, 15) is 9.90 Å². The number of aromatic carboxylic acids is 1. The van der Waals surface area contributed by atoms with Crippen LogP contribution < -0.4 is 14.8 Å². The van der Waals surface area contributed by atoms with Crippen LogP contribution in [0.5, 0.6) is 11.5 Å². The summed E-state index contributed by atoms with van der Waals surface area (Å²) in [5, 5.41) is 12.9. The van der Waals surface area contributed by atoms with Gasteiger partial charge in [-0.2, -0.15) is 0 Å². The third-order valence-electron chi connectivity index (χ3n) is 4.36. The number of aromatic nitrogens is 1. The molecule has 7 heteroatoms. The number of carboxylic acids is 1. The lowest BCUT2D eigenvalue weighted by Crippen LogP contribution is -2.05. The summed E-state index contributed by atoms with van der Waals surface area (Å²) in [6.45, 7) is 2.68. The summed E-state index contributed by atoms with van der Waals surface area (Å²) < 4.78 is 11.3. The van der Waals surface area contributed by atoms with Crippen molar-refractivity contribution in [3.8, 4) is 11.5 Å². The number of anilines is 1. The molecule has 6 nitrogen and oxygen atoms in total. The molecule has 0 saturated heterocycles. The number of nitrogens with zero attached hydrogens (tertiary/aromatic N) is 1. The largest absolute Gasteiger partial charge is 0.493 e. The number of carboxylic acid groups (broad SMARTS) is 1. The van der Waals surface area contributed by atoms with E-state index in [4.69, 9.17) is 21.1 Å². The number of pyridine rings is 1. The topological polar surface area (TPSA) is 80.7 Å². The number of aryl methyl sites for hydroxylation is 1. The van der Waals surface area contributed by atoms with Crippen LogP contribution in [0.1, 0.15) is 27.0 Å². The molecule has 0 aliphatic carbocycles. The van der Waals surface area contributed by atoms with Gasteiger partial charge in [-0.15, -0.1) is 0 Å². The fourth-order valence-corrected chi connectivity index (χ4v) is 3.08. The second-order valence-corrected chi connectivity index (χ2v) is 6.85. The van der Waals surface area contributed by atoms with Gasteiger partial charge in [-0.05, 0) is 48.4 Å². The van der Waals surface area contributed by atoms with Gasteiger partial charge >= 0.3 is 5.97 Å². The van der Waals surface area contributed by atoms with Crippen LogP contribution in [-0.2, 0) is 13.2 Å². The van der Waals surface area contributed by atoms with Gasteiger partial charge in [0.15, 0.2) is 11.5 Å². The minimum absolute atomic E-state index is 0.230. The van der Waals surface area contributed by atoms with Crippen molar-refractivity contribution >= 4 is 23.3 Å². The third kappa shape index (κ3) is 5.18. The molecule has 0 bridgehead atoms. The molecule has 0 spiro atoms. The first kappa shape index (κ1) is 20.5. The Morgan fingerprint density at radius 3 is 2.72 bits per heavy atom. The van der Waals surface area contributed by atoms with Gasteiger partial charge in [0.2, 0.25) is 0 Å². The fourth-order valence-electron chi connectivity index (χ4n) is 2.80. The molecular weight excluding hydrogens is 392 g/mol. The maximum absolute atomic E-state index is 11.2. The highest BCUT2D eigenvalue weighted by Crippen LogP contribution is 2.37. The van der Waals surface area contributed by atoms with Crippen molar-refractivity contribution in [2.24, 2.45) is 0 Å². The highest BCUT2D eigenvalue weighted by Gasteiger charge is 2.13. The molecule has 3 rings (SSSR count). The fraction of sp³-hybridized carbons (Fsp3) is 0.182. The maximum atomic E-state index is 11.2. The molecule has 2 N–H and O–H groups in total. The van der Waals surface area contributed by atoms with Crippen molar-refractivity contribution in [2.75, 3.05) is 12.4 Å². The van der Waals surface area contributed by atoms with Crippen LogP contribution in [0.4, 0.5) is 5.69 Å². The van der Waals surface area contributed by atoms with Crippen molar-refractivity contribution in [1.29, 1.82) is 0 Å². The number of hydrogen-bond donors (Lipinski definition) is 2. The Bertz CT molecular complexity index is 1010. The van der Waals surface area contributed by atoms with Gasteiger partial charge in [-0.3, -0.25) is 4.98 Å². The quantitative estimate of drug-likeness (QED) is 0.545. The van der Waals surface area contributed by atoms with E-state index in [1.807, 2.05) is 25.1 Å². The van der Waals surface area contributed by atoms with Crippen molar-refractivity contribution in [3.63, 3.8) is 0 Å². The molecule has 0 radical (unpaired) electrons. The molecule has 0 atom stereocenters. The zero-order chi connectivity index (χ0) is 20.8. The van der Waals surface area contributed by atoms with E-state index in [-0.39, 0.29) is 5.56 Å². The lowest BCUT2D eigenvalue weighted by molar-refractivity contribution is 0.0697. The molecule has 29 heavy (non-hydrogen) atoms. The summed E-state index contributed by atoms with van der Waals surface area (Å²) in [6.07, 6.45) is 3.43. The average Bonchev–Trinajstić information content (AvgIpc) is 2.72. The Kier molecular flexibility index (Phi) is 6.57. The number of methoxy groups -OCH3 is 1. The number of rotatable bonds is 8. The Hall–Kier alpha value is -3.25. The van der Waals surface area contributed by atoms with Gasteiger partial charge in [0.1, 0.15) is 6.61 Å². The van der Waals surface area contributed by atoms with E-state index in [1.54, 1.807) is 43.8 Å². The molecule has 0 aliphatic heterocycles. The first-order valence-corrected chi connectivity index (χ1v) is 9.31. The summed E-state index contributed by atoms with van der Waals surface area (Å²) in [6, 6.07) is 12.4. The SMILES string of the molecule is COc1cc(CNc2cc(C(=O)O)ccc2C)cc(Cl)c1OCc1cccnc1. The Morgan fingerprint density at radius 1 is 1.21 bits per heavy atom. The van der Waals surface area contributed by atoms with Crippen molar-refractivity contribution in [1.82, 2.24) is 4.98 Å². The predicted octanol–water partition coefficient (Wildman–Crippen LogP) is 4.94. The molecule has 150 valence electrons. The first-order valence-electron chi connectivity index (χ1n) is 8.94. The van der Waals surface area contributed by atoms with Crippen LogP contribution in [0, 0.1) is 6.92 Å². The van der Waals surface area contributed by atoms with E-state index < -0.39 is 5.97 Å². The molecule has 0 saturated carbocycles. The summed E-state index contributed by atoms with van der Waals surface area (Å²) in [5.41, 5.74) is 3.72. The van der Waals surface area contributed by atoms with Gasteiger partial charge in [-0.1, -0.05) is 23.7 Å². The summed E-state index contributed by atoms with van der Waals surface area (Å²) in [4.78, 5) is 15.3. The molecule has 0 aliphatic rings. The van der Waals surface area contributed by atoms with Crippen LogP contribution >= 0.6 is 11.6 Å². The molecule has 1 aromatic heterocycles. The molecule has 2 aromatic carbocycles. The highest BCUT2D eigenvalue weighted by atomic mass is 35.5. The molecule has 3 aromatic rings. The van der Waals surface area contributed by atoms with Crippen molar-refractivity contribution < 1.29 is 19.4 Å². The lowest BCUT2D eigenvalue weighted by Gasteiger charge is -2.15. The van der Waals surface area contributed by atoms with Gasteiger partial charge in [0.25, 0.3) is 0 Å². The van der Waals surface area contributed by atoms with Crippen molar-refractivity contribution in [2.45, 2.75) is 20.1 Å². The minimum atomic E-state index is -0.965. The van der Waals surface area contributed by atoms with E-state index in [1.165, 1.54) is 0 Å². The maximum Gasteiger partial charge on any atom is 0.335 e. The Balaban J connectivity index is 1.75. The summed E-state index contributed by atoms with van der Waals surface area (Å²) in [7, 11) is 1.56. The number of halogens is 1. The van der Waals surface area contributed by atoms with Gasteiger partial charge < -0.3 is 19.9 Å². The Morgan fingerprint density at radius 2 is 2.03 bits per heavy atom. The van der Waals surface area contributed by atoms with Crippen molar-refractivity contribution in [3.05, 3.63) is 82.1 Å². The monoisotopic (exact) mass is 412 g/mol. The number of benzene rings is 2. The standard InChI is InChI=1S/C22H21ClN2O4/c1-14-5-6-17(22(26)27)10-19(14)25-12-16-8-18(23)21(20(9-16)28-2)29-13-15-4-3-7-24-11-15/h3-11,25H,12-13H2,1-2H3,(H,26,27). The van der Waals surface area contributed by atoms with Crippen LogP contribution in [0.3, 0.4) is 0 Å². The second kappa shape index (κ2) is 9.30. The zero-order valence-corrected chi connectivity index (χ0v) is 16.9. The first-order chi connectivity index (χ1) is 14.0. The minimum Gasteiger partial charge on any atom is -0.493 e. The van der Waals surface area contributed by atoms with Crippen LogP contribution in [0.25, 0.3) is 0 Å². The molecular formula is C22H21ClN2O4. The Labute approximate surface area is 174 Å². The highest BCUT2D eigenvalue weighted by molar-refractivity contribution is 6.32. The predicted molar refractivity (Wildman–Crippen MR) is 112 cm³/mol. The van der Waals surface area contributed by atoms with E-state index in [2.05, 4.69) is 10.3 Å². The van der Waals surface area contributed by atoms with Crippen LogP contribution in [0.2, 0.25) is 5.02 Å². The van der Waals surface area contributed by atoms with E-state index in [0.717, 1.165) is 22.4 Å². The third-order valence-corrected chi connectivity index (χ3v) is 4.64. The number of ether oxygens (including phenoxy) is 2. The smallest absolute Gasteiger partial charge is 0.335 e. The van der Waals surface area contributed by atoms with Gasteiger partial charge in [0.05, 0.1) is 17.7 Å². The number of nitrogens with one attached hydrogen (secondary N) is 1.